The largest absolute Gasteiger partial charge is 0.491 e. The number of fused-ring (bicyclic) bond motifs is 1. The minimum Gasteiger partial charge on any atom is -0.491 e. The third-order valence-corrected chi connectivity index (χ3v) is 6.66. The lowest BCUT2D eigenvalue weighted by atomic mass is 10.1. The third kappa shape index (κ3) is 4.71. The van der Waals surface area contributed by atoms with Crippen molar-refractivity contribution < 1.29 is 23.7 Å². The summed E-state index contributed by atoms with van der Waals surface area (Å²) < 4.78 is 11.6. The third-order valence-electron chi connectivity index (χ3n) is 5.52. The number of benzene rings is 3. The maximum Gasteiger partial charge on any atom is 0.293 e. The zero-order valence-corrected chi connectivity index (χ0v) is 20.1. The van der Waals surface area contributed by atoms with Crippen molar-refractivity contribution in [1.29, 1.82) is 0 Å². The van der Waals surface area contributed by atoms with Crippen LogP contribution in [0, 0.1) is 10.1 Å². The van der Waals surface area contributed by atoms with Crippen LogP contribution in [0.5, 0.6) is 5.75 Å². The number of rotatable bonds is 7. The molecule has 3 aromatic carbocycles. The molecule has 0 bridgehead atoms. The van der Waals surface area contributed by atoms with Gasteiger partial charge in [-0.05, 0) is 47.5 Å². The molecule has 0 N–H and O–H groups in total. The number of hydrogen-bond donors (Lipinski definition) is 0. The monoisotopic (exact) mass is 520 g/mol. The van der Waals surface area contributed by atoms with E-state index in [1.54, 1.807) is 12.1 Å². The van der Waals surface area contributed by atoms with Gasteiger partial charge in [-0.2, -0.15) is 0 Å². The SMILES string of the molecule is O=C1S/C(=C\c2ccc(-c3ccc(Cl)cc3[N+](=O)[O-])o2)C(=O)N1CCOc1cccc2ccccc12. The number of nitrogens with zero attached hydrogens (tertiary/aromatic N) is 2. The molecule has 2 amide bonds. The van der Waals surface area contributed by atoms with Gasteiger partial charge in [-0.1, -0.05) is 48.0 Å². The number of halogens is 1. The van der Waals surface area contributed by atoms with Gasteiger partial charge in [-0.25, -0.2) is 0 Å². The Morgan fingerprint density at radius 1 is 1.06 bits per heavy atom. The van der Waals surface area contributed by atoms with Gasteiger partial charge in [0.25, 0.3) is 16.8 Å². The predicted molar refractivity (Wildman–Crippen MR) is 138 cm³/mol. The molecule has 1 aliphatic rings. The van der Waals surface area contributed by atoms with E-state index in [0.717, 1.165) is 27.4 Å². The average molecular weight is 521 g/mol. The molecule has 0 radical (unpaired) electrons. The molecule has 0 unspecified atom stereocenters. The number of furan rings is 1. The Morgan fingerprint density at radius 2 is 1.86 bits per heavy atom. The molecule has 4 aromatic rings. The van der Waals surface area contributed by atoms with Crippen molar-refractivity contribution in [3.05, 3.63) is 98.6 Å². The van der Waals surface area contributed by atoms with Crippen LogP contribution in [0.1, 0.15) is 5.76 Å². The topological polar surface area (TPSA) is 103 Å². The second-order valence-corrected chi connectivity index (χ2v) is 9.21. The van der Waals surface area contributed by atoms with E-state index in [1.807, 2.05) is 42.5 Å². The number of hydrogen-bond acceptors (Lipinski definition) is 7. The summed E-state index contributed by atoms with van der Waals surface area (Å²) in [7, 11) is 0. The van der Waals surface area contributed by atoms with Gasteiger partial charge in [0, 0.05) is 22.6 Å². The second kappa shape index (κ2) is 9.88. The highest BCUT2D eigenvalue weighted by Gasteiger charge is 2.35. The maximum absolute atomic E-state index is 12.8. The fourth-order valence-corrected chi connectivity index (χ4v) is 4.84. The minimum atomic E-state index is -0.547. The number of carbonyl (C=O) groups is 2. The first kappa shape index (κ1) is 23.7. The highest BCUT2D eigenvalue weighted by atomic mass is 35.5. The van der Waals surface area contributed by atoms with Crippen molar-refractivity contribution in [3.8, 4) is 17.1 Å². The highest BCUT2D eigenvalue weighted by Crippen LogP contribution is 2.36. The van der Waals surface area contributed by atoms with Crippen LogP contribution in [0.15, 0.2) is 82.1 Å². The number of imide groups is 1. The van der Waals surface area contributed by atoms with Crippen molar-refractivity contribution in [2.75, 3.05) is 13.2 Å². The normalized spacial score (nSPS) is 14.7. The van der Waals surface area contributed by atoms with E-state index < -0.39 is 16.1 Å². The van der Waals surface area contributed by atoms with E-state index in [-0.39, 0.29) is 45.9 Å². The van der Waals surface area contributed by atoms with Crippen LogP contribution in [0.2, 0.25) is 5.02 Å². The van der Waals surface area contributed by atoms with Crippen LogP contribution in [0.4, 0.5) is 10.5 Å². The van der Waals surface area contributed by atoms with Gasteiger partial charge in [-0.15, -0.1) is 0 Å². The van der Waals surface area contributed by atoms with Crippen LogP contribution in [0.3, 0.4) is 0 Å². The van der Waals surface area contributed by atoms with Crippen LogP contribution >= 0.6 is 23.4 Å². The summed E-state index contributed by atoms with van der Waals surface area (Å²) >= 11 is 6.67. The first-order chi connectivity index (χ1) is 17.4. The van der Waals surface area contributed by atoms with Gasteiger partial charge in [0.1, 0.15) is 23.9 Å². The molecule has 1 fully saturated rings. The van der Waals surface area contributed by atoms with Crippen molar-refractivity contribution >= 4 is 57.0 Å². The minimum absolute atomic E-state index is 0.0889. The number of thioether (sulfide) groups is 1. The average Bonchev–Trinajstić information content (AvgIpc) is 3.44. The zero-order valence-electron chi connectivity index (χ0n) is 18.5. The molecule has 5 rings (SSSR count). The first-order valence-corrected chi connectivity index (χ1v) is 12.0. The molecule has 8 nitrogen and oxygen atoms in total. The number of nitro benzene ring substituents is 1. The summed E-state index contributed by atoms with van der Waals surface area (Å²) in [5.41, 5.74) is 0.0534. The Balaban J connectivity index is 1.28. The lowest BCUT2D eigenvalue weighted by molar-refractivity contribution is -0.384. The van der Waals surface area contributed by atoms with E-state index in [0.29, 0.717) is 5.75 Å². The molecule has 0 aliphatic carbocycles. The smallest absolute Gasteiger partial charge is 0.293 e. The molecule has 1 aliphatic heterocycles. The van der Waals surface area contributed by atoms with Gasteiger partial charge in [0.15, 0.2) is 0 Å². The number of amides is 2. The Labute approximate surface area is 214 Å². The van der Waals surface area contributed by atoms with E-state index in [1.165, 1.54) is 24.3 Å². The lowest BCUT2D eigenvalue weighted by Gasteiger charge is -2.14. The molecule has 0 saturated carbocycles. The fraction of sp³-hybridized carbons (Fsp3) is 0.0769. The van der Waals surface area contributed by atoms with E-state index in [4.69, 9.17) is 20.8 Å². The molecule has 2 heterocycles. The van der Waals surface area contributed by atoms with Crippen molar-refractivity contribution in [3.63, 3.8) is 0 Å². The second-order valence-electron chi connectivity index (χ2n) is 7.78. The van der Waals surface area contributed by atoms with Gasteiger partial charge in [-0.3, -0.25) is 24.6 Å². The first-order valence-electron chi connectivity index (χ1n) is 10.8. The quantitative estimate of drug-likeness (QED) is 0.150. The molecule has 0 atom stereocenters. The van der Waals surface area contributed by atoms with E-state index >= 15 is 0 Å². The molecule has 1 saturated heterocycles. The van der Waals surface area contributed by atoms with Crippen LogP contribution in [0.25, 0.3) is 28.2 Å². The predicted octanol–water partition coefficient (Wildman–Crippen LogP) is 6.78. The highest BCUT2D eigenvalue weighted by molar-refractivity contribution is 8.18. The summed E-state index contributed by atoms with van der Waals surface area (Å²) in [6.45, 7) is 0.232. The lowest BCUT2D eigenvalue weighted by Crippen LogP contribution is -2.32. The maximum atomic E-state index is 12.8. The van der Waals surface area contributed by atoms with Crippen molar-refractivity contribution in [1.82, 2.24) is 4.90 Å². The molecule has 10 heteroatoms. The summed E-state index contributed by atoms with van der Waals surface area (Å²) in [6.07, 6.45) is 1.45. The van der Waals surface area contributed by atoms with Crippen molar-refractivity contribution in [2.24, 2.45) is 0 Å². The van der Waals surface area contributed by atoms with E-state index in [2.05, 4.69) is 0 Å². The van der Waals surface area contributed by atoms with Crippen LogP contribution < -0.4 is 4.74 Å². The number of ether oxygens (including phenoxy) is 1. The molecular weight excluding hydrogens is 504 g/mol. The number of carbonyl (C=O) groups excluding carboxylic acids is 2. The molecule has 1 aromatic heterocycles. The summed E-state index contributed by atoms with van der Waals surface area (Å²) in [5.74, 6) is 0.746. The Morgan fingerprint density at radius 3 is 2.69 bits per heavy atom. The van der Waals surface area contributed by atoms with Gasteiger partial charge in [0.05, 0.1) is 21.9 Å². The van der Waals surface area contributed by atoms with E-state index in [9.17, 15) is 19.7 Å². The number of nitro groups is 1. The Hall–Kier alpha value is -4.08. The van der Waals surface area contributed by atoms with Crippen molar-refractivity contribution in [2.45, 2.75) is 0 Å². The van der Waals surface area contributed by atoms with Gasteiger partial charge >= 0.3 is 0 Å². The molecular formula is C26H17ClN2O6S. The molecule has 0 spiro atoms. The summed E-state index contributed by atoms with van der Waals surface area (Å²) in [5, 5.41) is 13.2. The fourth-order valence-electron chi connectivity index (χ4n) is 3.83. The summed E-state index contributed by atoms with van der Waals surface area (Å²) in [4.78, 5) is 37.5. The summed E-state index contributed by atoms with van der Waals surface area (Å²) in [6, 6.07) is 20.9. The van der Waals surface area contributed by atoms with Crippen LogP contribution in [-0.2, 0) is 4.79 Å². The standard InChI is InChI=1S/C26H17ClN2O6S/c27-17-8-10-20(21(14-17)29(32)33)23-11-9-18(35-23)15-24-25(30)28(26(31)36-24)12-13-34-22-7-3-5-16-4-1-2-6-19(16)22/h1-11,14-15H,12-13H2/b24-15-. The van der Waals surface area contributed by atoms with Crippen LogP contribution in [-0.4, -0.2) is 34.1 Å². The van der Waals surface area contributed by atoms with Gasteiger partial charge < -0.3 is 9.15 Å². The Bertz CT molecular complexity index is 1540. The zero-order chi connectivity index (χ0) is 25.2. The van der Waals surface area contributed by atoms with Gasteiger partial charge in [0.2, 0.25) is 0 Å². The Kier molecular flexibility index (Phi) is 6.49. The molecule has 36 heavy (non-hydrogen) atoms. The molecule has 180 valence electrons.